The van der Waals surface area contributed by atoms with Crippen LogP contribution in [-0.4, -0.2) is 36.1 Å². The number of ether oxygens (including phenoxy) is 1. The Morgan fingerprint density at radius 2 is 1.48 bits per heavy atom. The normalized spacial score (nSPS) is 16.4. The van der Waals surface area contributed by atoms with Crippen LogP contribution in [0.1, 0.15) is 24.0 Å². The van der Waals surface area contributed by atoms with Crippen molar-refractivity contribution in [3.63, 3.8) is 0 Å². The highest BCUT2D eigenvalue weighted by Crippen LogP contribution is 2.29. The van der Waals surface area contributed by atoms with E-state index < -0.39 is 19.9 Å². The quantitative estimate of drug-likeness (QED) is 0.820. The van der Waals surface area contributed by atoms with Crippen LogP contribution in [0.5, 0.6) is 0 Å². The number of hydrogen-bond donors (Lipinski definition) is 1. The largest absolute Gasteiger partial charge is 0.381 e. The van der Waals surface area contributed by atoms with E-state index in [2.05, 4.69) is 4.72 Å². The summed E-state index contributed by atoms with van der Waals surface area (Å²) in [4.78, 5) is 0.137. The molecule has 0 radical (unpaired) electrons. The van der Waals surface area contributed by atoms with Gasteiger partial charge in [0.2, 0.25) is 19.9 Å². The van der Waals surface area contributed by atoms with E-state index in [4.69, 9.17) is 4.74 Å². The lowest BCUT2D eigenvalue weighted by atomic mass is 10.1. The summed E-state index contributed by atoms with van der Waals surface area (Å²) in [5.41, 5.74) is 1.03. The van der Waals surface area contributed by atoms with Crippen molar-refractivity contribution in [1.82, 2.24) is 4.72 Å². The fourth-order valence-electron chi connectivity index (χ4n) is 3.22. The Hall–Kier alpha value is -1.74. The molecule has 2 aromatic carbocycles. The monoisotopic (exact) mass is 409 g/mol. The minimum Gasteiger partial charge on any atom is -0.381 e. The molecule has 8 heteroatoms. The Kier molecular flexibility index (Phi) is 5.71. The maximum Gasteiger partial charge on any atom is 0.241 e. The van der Waals surface area contributed by atoms with Gasteiger partial charge in [-0.2, -0.15) is 0 Å². The number of hydrogen-bond acceptors (Lipinski definition) is 5. The van der Waals surface area contributed by atoms with Crippen molar-refractivity contribution in [2.24, 2.45) is 0 Å². The van der Waals surface area contributed by atoms with Crippen LogP contribution < -0.4 is 4.72 Å². The van der Waals surface area contributed by atoms with Crippen LogP contribution in [0.4, 0.5) is 0 Å². The first-order valence-corrected chi connectivity index (χ1v) is 11.7. The predicted molar refractivity (Wildman–Crippen MR) is 102 cm³/mol. The van der Waals surface area contributed by atoms with Gasteiger partial charge in [-0.3, -0.25) is 0 Å². The first-order valence-electron chi connectivity index (χ1n) is 8.73. The molecule has 1 heterocycles. The third-order valence-corrected chi connectivity index (χ3v) is 8.22. The lowest BCUT2D eigenvalue weighted by Gasteiger charge is -2.23. The zero-order valence-corrected chi connectivity index (χ0v) is 16.9. The molecule has 0 spiro atoms. The number of nitrogens with one attached hydrogen (secondary N) is 1. The van der Waals surface area contributed by atoms with E-state index in [1.165, 1.54) is 18.2 Å². The van der Waals surface area contributed by atoms with Gasteiger partial charge in [-0.1, -0.05) is 24.3 Å². The molecule has 27 heavy (non-hydrogen) atoms. The predicted octanol–water partition coefficient (Wildman–Crippen LogP) is 2.59. The summed E-state index contributed by atoms with van der Waals surface area (Å²) in [6.45, 7) is 4.36. The highest BCUT2D eigenvalue weighted by Gasteiger charge is 2.27. The number of rotatable bonds is 5. The molecular formula is C19H23NO5S2. The fourth-order valence-corrected chi connectivity index (χ4v) is 6.37. The molecule has 1 aliphatic rings. The van der Waals surface area contributed by atoms with E-state index in [1.54, 1.807) is 38.1 Å². The van der Waals surface area contributed by atoms with Gasteiger partial charge in [-0.05, 0) is 56.0 Å². The van der Waals surface area contributed by atoms with E-state index >= 15 is 0 Å². The molecule has 1 fully saturated rings. The Balaban J connectivity index is 2.04. The van der Waals surface area contributed by atoms with Crippen LogP contribution in [0.3, 0.4) is 0 Å². The molecule has 0 saturated carbocycles. The van der Waals surface area contributed by atoms with Crippen LogP contribution >= 0.6 is 0 Å². The third kappa shape index (κ3) is 4.24. The summed E-state index contributed by atoms with van der Waals surface area (Å²) >= 11 is 0. The molecule has 0 bridgehead atoms. The van der Waals surface area contributed by atoms with Crippen molar-refractivity contribution >= 4 is 19.9 Å². The average molecular weight is 410 g/mol. The van der Waals surface area contributed by atoms with Crippen molar-refractivity contribution in [2.75, 3.05) is 13.2 Å². The topological polar surface area (TPSA) is 89.5 Å². The molecule has 1 saturated heterocycles. The summed E-state index contributed by atoms with van der Waals surface area (Å²) in [6, 6.07) is 10.7. The van der Waals surface area contributed by atoms with Crippen LogP contribution in [0, 0.1) is 13.8 Å². The van der Waals surface area contributed by atoms with Crippen molar-refractivity contribution in [1.29, 1.82) is 0 Å². The van der Waals surface area contributed by atoms with Gasteiger partial charge in [-0.25, -0.2) is 21.6 Å². The van der Waals surface area contributed by atoms with Crippen molar-refractivity contribution < 1.29 is 21.6 Å². The molecular weight excluding hydrogens is 386 g/mol. The number of aryl methyl sites for hydroxylation is 2. The minimum absolute atomic E-state index is 0.00546. The Morgan fingerprint density at radius 3 is 2.11 bits per heavy atom. The fraction of sp³-hybridized carbons (Fsp3) is 0.368. The van der Waals surface area contributed by atoms with Crippen LogP contribution in [0.2, 0.25) is 0 Å². The zero-order chi connectivity index (χ0) is 19.7. The summed E-state index contributed by atoms with van der Waals surface area (Å²) in [5.74, 6) is 0. The van der Waals surface area contributed by atoms with Gasteiger partial charge >= 0.3 is 0 Å². The maximum absolute atomic E-state index is 13.0. The SMILES string of the molecule is Cc1cc(C)c(S(=O)(=O)c2ccccc2)cc1S(=O)(=O)NC1CCOCC1. The third-order valence-electron chi connectivity index (χ3n) is 4.65. The van der Waals surface area contributed by atoms with Gasteiger partial charge in [0.05, 0.1) is 14.7 Å². The molecule has 0 amide bonds. The molecule has 3 rings (SSSR count). The van der Waals surface area contributed by atoms with Crippen molar-refractivity contribution in [2.45, 2.75) is 47.4 Å². The second kappa shape index (κ2) is 7.71. The summed E-state index contributed by atoms with van der Waals surface area (Å²) in [5, 5.41) is 0. The molecule has 146 valence electrons. The van der Waals surface area contributed by atoms with E-state index in [0.29, 0.717) is 37.2 Å². The molecule has 0 atom stereocenters. The first-order chi connectivity index (χ1) is 12.7. The molecule has 6 nitrogen and oxygen atoms in total. The van der Waals surface area contributed by atoms with Gasteiger partial charge in [0.15, 0.2) is 0 Å². The Morgan fingerprint density at radius 1 is 0.889 bits per heavy atom. The van der Waals surface area contributed by atoms with Gasteiger partial charge in [0.25, 0.3) is 0 Å². The second-order valence-electron chi connectivity index (χ2n) is 6.71. The van der Waals surface area contributed by atoms with Gasteiger partial charge in [0.1, 0.15) is 0 Å². The molecule has 0 aliphatic carbocycles. The molecule has 2 aromatic rings. The van der Waals surface area contributed by atoms with E-state index in [9.17, 15) is 16.8 Å². The molecule has 1 N–H and O–H groups in total. The van der Waals surface area contributed by atoms with Crippen molar-refractivity contribution in [3.05, 3.63) is 53.6 Å². The van der Waals surface area contributed by atoms with Crippen LogP contribution in [0.15, 0.2) is 57.2 Å². The standard InChI is InChI=1S/C19H23NO5S2/c1-14-12-15(2)19(27(23,24)20-16-8-10-25-11-9-16)13-18(14)26(21,22)17-6-4-3-5-7-17/h3-7,12-13,16,20H,8-11H2,1-2H3. The maximum atomic E-state index is 13.0. The Bertz CT molecular complexity index is 1030. The zero-order valence-electron chi connectivity index (χ0n) is 15.3. The second-order valence-corrected chi connectivity index (χ2v) is 10.3. The highest BCUT2D eigenvalue weighted by molar-refractivity contribution is 7.91. The van der Waals surface area contributed by atoms with Crippen LogP contribution in [-0.2, 0) is 24.6 Å². The van der Waals surface area contributed by atoms with Crippen LogP contribution in [0.25, 0.3) is 0 Å². The smallest absolute Gasteiger partial charge is 0.241 e. The molecule has 1 aliphatic heterocycles. The van der Waals surface area contributed by atoms with Gasteiger partial charge < -0.3 is 4.74 Å². The molecule has 0 unspecified atom stereocenters. The number of sulfone groups is 1. The summed E-state index contributed by atoms with van der Waals surface area (Å²) in [7, 11) is -7.66. The number of sulfonamides is 1. The first kappa shape index (κ1) is 20.0. The van der Waals surface area contributed by atoms with E-state index in [-0.39, 0.29) is 20.7 Å². The Labute approximate surface area is 160 Å². The average Bonchev–Trinajstić information content (AvgIpc) is 2.62. The summed E-state index contributed by atoms with van der Waals surface area (Å²) < 4.78 is 59.8. The number of benzene rings is 2. The lowest BCUT2D eigenvalue weighted by molar-refractivity contribution is 0.0832. The highest BCUT2D eigenvalue weighted by atomic mass is 32.2. The summed E-state index contributed by atoms with van der Waals surface area (Å²) in [6.07, 6.45) is 1.19. The van der Waals surface area contributed by atoms with Gasteiger partial charge in [0, 0.05) is 19.3 Å². The van der Waals surface area contributed by atoms with Crippen molar-refractivity contribution in [3.8, 4) is 0 Å². The van der Waals surface area contributed by atoms with Gasteiger partial charge in [-0.15, -0.1) is 0 Å². The van der Waals surface area contributed by atoms with E-state index in [0.717, 1.165) is 0 Å². The van der Waals surface area contributed by atoms with E-state index in [1.807, 2.05) is 0 Å². The lowest BCUT2D eigenvalue weighted by Crippen LogP contribution is -2.39. The minimum atomic E-state index is -3.84. The molecule has 0 aromatic heterocycles.